The minimum Gasteiger partial charge on any atom is -0.495 e. The van der Waals surface area contributed by atoms with Gasteiger partial charge in [-0.2, -0.15) is 0 Å². The van der Waals surface area contributed by atoms with E-state index in [1.165, 1.54) is 0 Å². The van der Waals surface area contributed by atoms with Crippen LogP contribution in [-0.2, 0) is 11.2 Å². The summed E-state index contributed by atoms with van der Waals surface area (Å²) in [7, 11) is 5.28. The predicted molar refractivity (Wildman–Crippen MR) is 77.9 cm³/mol. The first-order valence-corrected chi connectivity index (χ1v) is 6.67. The Morgan fingerprint density at radius 3 is 2.79 bits per heavy atom. The van der Waals surface area contributed by atoms with Gasteiger partial charge < -0.3 is 15.0 Å². The summed E-state index contributed by atoms with van der Waals surface area (Å²) >= 11 is 6.05. The summed E-state index contributed by atoms with van der Waals surface area (Å²) < 4.78 is 5.09. The Labute approximate surface area is 119 Å². The van der Waals surface area contributed by atoms with Crippen molar-refractivity contribution in [3.63, 3.8) is 0 Å². The highest BCUT2D eigenvalue weighted by Crippen LogP contribution is 2.25. The van der Waals surface area contributed by atoms with E-state index in [9.17, 15) is 4.79 Å². The van der Waals surface area contributed by atoms with Crippen LogP contribution in [0.4, 0.5) is 0 Å². The molecular formula is C14H21ClN2O2. The van der Waals surface area contributed by atoms with Crippen molar-refractivity contribution in [3.8, 4) is 5.75 Å². The van der Waals surface area contributed by atoms with Crippen LogP contribution >= 0.6 is 11.6 Å². The van der Waals surface area contributed by atoms with Crippen molar-refractivity contribution in [2.45, 2.75) is 12.8 Å². The lowest BCUT2D eigenvalue weighted by Crippen LogP contribution is -2.32. The minimum absolute atomic E-state index is 0.141. The van der Waals surface area contributed by atoms with E-state index in [-0.39, 0.29) is 5.91 Å². The van der Waals surface area contributed by atoms with Crippen LogP contribution < -0.4 is 10.1 Å². The Balaban J connectivity index is 2.48. The van der Waals surface area contributed by atoms with Gasteiger partial charge in [0.05, 0.1) is 12.1 Å². The second kappa shape index (κ2) is 8.02. The maximum atomic E-state index is 11.9. The number of rotatable bonds is 7. The van der Waals surface area contributed by atoms with E-state index in [2.05, 4.69) is 5.32 Å². The Bertz CT molecular complexity index is 424. The second-order valence-electron chi connectivity index (χ2n) is 4.39. The van der Waals surface area contributed by atoms with Crippen LogP contribution in [0.1, 0.15) is 12.0 Å². The number of methoxy groups -OCH3 is 1. The first-order chi connectivity index (χ1) is 9.08. The molecule has 0 aliphatic rings. The van der Waals surface area contributed by atoms with Crippen molar-refractivity contribution in [1.29, 1.82) is 0 Å². The number of amides is 1. The van der Waals surface area contributed by atoms with Crippen molar-refractivity contribution < 1.29 is 9.53 Å². The predicted octanol–water partition coefficient (Wildman–Crippen LogP) is 1.96. The van der Waals surface area contributed by atoms with Crippen LogP contribution in [0.2, 0.25) is 5.02 Å². The Kier molecular flexibility index (Phi) is 6.67. The van der Waals surface area contributed by atoms with Gasteiger partial charge in [-0.15, -0.1) is 0 Å². The number of benzene rings is 1. The van der Waals surface area contributed by atoms with E-state index in [1.54, 1.807) is 12.0 Å². The van der Waals surface area contributed by atoms with E-state index in [1.807, 2.05) is 32.3 Å². The van der Waals surface area contributed by atoms with Crippen molar-refractivity contribution in [2.24, 2.45) is 0 Å². The largest absolute Gasteiger partial charge is 0.495 e. The van der Waals surface area contributed by atoms with Gasteiger partial charge in [-0.1, -0.05) is 17.7 Å². The third kappa shape index (κ3) is 5.09. The van der Waals surface area contributed by atoms with Gasteiger partial charge in [-0.3, -0.25) is 4.79 Å². The number of likely N-dealkylation sites (N-methyl/N-ethyl adjacent to an activating group) is 2. The summed E-state index contributed by atoms with van der Waals surface area (Å²) in [6, 6.07) is 5.61. The number of aryl methyl sites for hydroxylation is 1. The fraction of sp³-hybridized carbons (Fsp3) is 0.500. The molecule has 0 atom stereocenters. The monoisotopic (exact) mass is 284 g/mol. The molecule has 0 unspecified atom stereocenters. The molecule has 4 nitrogen and oxygen atoms in total. The fourth-order valence-electron chi connectivity index (χ4n) is 1.71. The molecule has 0 radical (unpaired) electrons. The smallest absolute Gasteiger partial charge is 0.222 e. The fourth-order valence-corrected chi connectivity index (χ4v) is 1.99. The minimum atomic E-state index is 0.141. The van der Waals surface area contributed by atoms with Crippen LogP contribution in [0.3, 0.4) is 0 Å². The summed E-state index contributed by atoms with van der Waals surface area (Å²) in [6.07, 6.45) is 1.18. The van der Waals surface area contributed by atoms with Crippen LogP contribution in [0.5, 0.6) is 5.75 Å². The Morgan fingerprint density at radius 2 is 2.21 bits per heavy atom. The zero-order valence-corrected chi connectivity index (χ0v) is 12.5. The van der Waals surface area contributed by atoms with Crippen LogP contribution in [0.25, 0.3) is 0 Å². The number of nitrogens with zero attached hydrogens (tertiary/aromatic N) is 1. The molecule has 0 saturated carbocycles. The summed E-state index contributed by atoms with van der Waals surface area (Å²) in [5.41, 5.74) is 1.04. The molecule has 1 N–H and O–H groups in total. The SMILES string of the molecule is CNCCN(C)C(=O)CCc1ccc(OC)c(Cl)c1. The Morgan fingerprint density at radius 1 is 1.47 bits per heavy atom. The molecule has 0 fully saturated rings. The molecule has 5 heteroatoms. The van der Waals surface area contributed by atoms with Gasteiger partial charge in [0.25, 0.3) is 0 Å². The Hall–Kier alpha value is -1.26. The molecule has 0 spiro atoms. The molecule has 0 bridgehead atoms. The lowest BCUT2D eigenvalue weighted by molar-refractivity contribution is -0.129. The zero-order valence-electron chi connectivity index (χ0n) is 11.7. The number of ether oxygens (including phenoxy) is 1. The molecule has 19 heavy (non-hydrogen) atoms. The van der Waals surface area contributed by atoms with E-state index < -0.39 is 0 Å². The summed E-state index contributed by atoms with van der Waals surface area (Å²) in [5, 5.41) is 3.60. The van der Waals surface area contributed by atoms with E-state index in [0.29, 0.717) is 23.6 Å². The lowest BCUT2D eigenvalue weighted by Gasteiger charge is -2.16. The summed E-state index contributed by atoms with van der Waals surface area (Å²) in [6.45, 7) is 1.52. The van der Waals surface area contributed by atoms with Gasteiger partial charge in [0.15, 0.2) is 0 Å². The van der Waals surface area contributed by atoms with Gasteiger partial charge in [0.2, 0.25) is 5.91 Å². The van der Waals surface area contributed by atoms with Gasteiger partial charge >= 0.3 is 0 Å². The molecule has 1 rings (SSSR count). The second-order valence-corrected chi connectivity index (χ2v) is 4.79. The molecule has 106 valence electrons. The van der Waals surface area contributed by atoms with E-state index in [4.69, 9.17) is 16.3 Å². The molecule has 1 amide bonds. The first kappa shape index (κ1) is 15.8. The number of nitrogens with one attached hydrogen (secondary N) is 1. The van der Waals surface area contributed by atoms with Crippen LogP contribution in [0, 0.1) is 0 Å². The molecule has 0 aliphatic heterocycles. The first-order valence-electron chi connectivity index (χ1n) is 6.29. The average molecular weight is 285 g/mol. The highest BCUT2D eigenvalue weighted by atomic mass is 35.5. The summed E-state index contributed by atoms with van der Waals surface area (Å²) in [4.78, 5) is 13.6. The molecule has 0 aromatic heterocycles. The van der Waals surface area contributed by atoms with Crippen molar-refractivity contribution >= 4 is 17.5 Å². The number of hydrogen-bond acceptors (Lipinski definition) is 3. The van der Waals surface area contributed by atoms with Crippen LogP contribution in [0.15, 0.2) is 18.2 Å². The molecule has 1 aromatic rings. The standard InChI is InChI=1S/C14H21ClN2O2/c1-16-8-9-17(2)14(18)7-5-11-4-6-13(19-3)12(15)10-11/h4,6,10,16H,5,7-9H2,1-3H3. The maximum absolute atomic E-state index is 11.9. The van der Waals surface area contributed by atoms with Gasteiger partial charge in [-0.25, -0.2) is 0 Å². The van der Waals surface area contributed by atoms with Crippen molar-refractivity contribution in [3.05, 3.63) is 28.8 Å². The number of carbonyl (C=O) groups is 1. The van der Waals surface area contributed by atoms with Gasteiger partial charge in [0, 0.05) is 26.6 Å². The maximum Gasteiger partial charge on any atom is 0.222 e. The molecule has 1 aromatic carbocycles. The van der Waals surface area contributed by atoms with Crippen LogP contribution in [-0.4, -0.2) is 45.1 Å². The lowest BCUT2D eigenvalue weighted by atomic mass is 10.1. The number of halogens is 1. The van der Waals surface area contributed by atoms with E-state index in [0.717, 1.165) is 18.7 Å². The zero-order chi connectivity index (χ0) is 14.3. The van der Waals surface area contributed by atoms with E-state index >= 15 is 0 Å². The van der Waals surface area contributed by atoms with Crippen molar-refractivity contribution in [2.75, 3.05) is 34.3 Å². The van der Waals surface area contributed by atoms with Crippen molar-refractivity contribution in [1.82, 2.24) is 10.2 Å². The molecule has 0 aliphatic carbocycles. The molecule has 0 heterocycles. The number of hydrogen-bond donors (Lipinski definition) is 1. The third-order valence-corrected chi connectivity index (χ3v) is 3.26. The van der Waals surface area contributed by atoms with Gasteiger partial charge in [0.1, 0.15) is 5.75 Å². The number of carbonyl (C=O) groups excluding carboxylic acids is 1. The highest BCUT2D eigenvalue weighted by molar-refractivity contribution is 6.32. The topological polar surface area (TPSA) is 41.6 Å². The molecular weight excluding hydrogens is 264 g/mol. The highest BCUT2D eigenvalue weighted by Gasteiger charge is 2.09. The summed E-state index contributed by atoms with van der Waals surface area (Å²) in [5.74, 6) is 0.796. The van der Waals surface area contributed by atoms with Gasteiger partial charge in [-0.05, 0) is 31.2 Å². The average Bonchev–Trinajstić information content (AvgIpc) is 2.42. The third-order valence-electron chi connectivity index (χ3n) is 2.97. The molecule has 0 saturated heterocycles. The quantitative estimate of drug-likeness (QED) is 0.832. The normalized spacial score (nSPS) is 10.3.